The van der Waals surface area contributed by atoms with Gasteiger partial charge in [-0.1, -0.05) is 0 Å². The van der Waals surface area contributed by atoms with E-state index in [4.69, 9.17) is 12.3 Å². The first-order valence-corrected chi connectivity index (χ1v) is 4.21. The predicted octanol–water partition coefficient (Wildman–Crippen LogP) is 1.67. The molecule has 2 rings (SSSR count). The Balaban J connectivity index is 2.49. The zero-order valence-electron chi connectivity index (χ0n) is 7.75. The molecule has 0 radical (unpaired) electrons. The minimum Gasteiger partial charge on any atom is -0.392 e. The van der Waals surface area contributed by atoms with Gasteiger partial charge < -0.3 is 5.73 Å². The minimum absolute atomic E-state index is 0.193. The molecule has 15 heavy (non-hydrogen) atoms. The molecule has 0 aliphatic carbocycles. The van der Waals surface area contributed by atoms with Crippen molar-refractivity contribution >= 4 is 11.5 Å². The van der Waals surface area contributed by atoms with E-state index in [0.29, 0.717) is 5.82 Å². The molecule has 2 aromatic heterocycles. The first-order valence-electron chi connectivity index (χ1n) is 4.21. The summed E-state index contributed by atoms with van der Waals surface area (Å²) in [5.74, 6) is 0.673. The number of nitrogen functional groups attached to an aromatic ring is 1. The SMILES string of the molecule is [C-]#[N+]c1cnc(-c2cccnc2)nc1N. The third-order valence-electron chi connectivity index (χ3n) is 1.84. The van der Waals surface area contributed by atoms with Gasteiger partial charge in [0.05, 0.1) is 6.57 Å². The molecule has 0 atom stereocenters. The van der Waals surface area contributed by atoms with Crippen molar-refractivity contribution in [3.8, 4) is 11.4 Å². The number of pyridine rings is 1. The van der Waals surface area contributed by atoms with Gasteiger partial charge in [0.25, 0.3) is 0 Å². The Kier molecular flexibility index (Phi) is 2.25. The zero-order valence-corrected chi connectivity index (χ0v) is 7.75. The Morgan fingerprint density at radius 3 is 2.80 bits per heavy atom. The second-order valence-corrected chi connectivity index (χ2v) is 2.82. The number of nitrogens with zero attached hydrogens (tertiary/aromatic N) is 4. The van der Waals surface area contributed by atoms with Gasteiger partial charge in [-0.3, -0.25) is 4.98 Å². The Labute approximate surface area is 86.5 Å². The van der Waals surface area contributed by atoms with Gasteiger partial charge >= 0.3 is 0 Å². The van der Waals surface area contributed by atoms with Crippen LogP contribution in [0.3, 0.4) is 0 Å². The van der Waals surface area contributed by atoms with Crippen LogP contribution in [-0.2, 0) is 0 Å². The highest BCUT2D eigenvalue weighted by molar-refractivity contribution is 5.65. The fraction of sp³-hybridized carbons (Fsp3) is 0. The maximum Gasteiger partial charge on any atom is 0.245 e. The van der Waals surface area contributed by atoms with E-state index in [0.717, 1.165) is 5.56 Å². The summed E-state index contributed by atoms with van der Waals surface area (Å²) in [4.78, 5) is 15.2. The monoisotopic (exact) mass is 197 g/mol. The van der Waals surface area contributed by atoms with Gasteiger partial charge in [-0.2, -0.15) is 0 Å². The predicted molar refractivity (Wildman–Crippen MR) is 55.9 cm³/mol. The number of aromatic nitrogens is 3. The summed E-state index contributed by atoms with van der Waals surface area (Å²) in [6.07, 6.45) is 4.73. The first-order chi connectivity index (χ1) is 7.31. The van der Waals surface area contributed by atoms with Crippen molar-refractivity contribution in [2.75, 3.05) is 5.73 Å². The molecule has 0 aliphatic rings. The molecule has 5 nitrogen and oxygen atoms in total. The number of hydrogen-bond acceptors (Lipinski definition) is 4. The topological polar surface area (TPSA) is 69.0 Å². The summed E-state index contributed by atoms with van der Waals surface area (Å²) >= 11 is 0. The molecule has 2 heterocycles. The molecule has 2 N–H and O–H groups in total. The second kappa shape index (κ2) is 3.72. The fourth-order valence-electron chi connectivity index (χ4n) is 1.11. The third-order valence-corrected chi connectivity index (χ3v) is 1.84. The maximum absolute atomic E-state index is 6.81. The Morgan fingerprint density at radius 2 is 2.20 bits per heavy atom. The van der Waals surface area contributed by atoms with Gasteiger partial charge in [0.15, 0.2) is 5.82 Å². The van der Waals surface area contributed by atoms with Crippen LogP contribution in [0.4, 0.5) is 11.5 Å². The van der Waals surface area contributed by atoms with E-state index in [9.17, 15) is 0 Å². The summed E-state index contributed by atoms with van der Waals surface area (Å²) in [5.41, 5.74) is 6.63. The molecule has 0 aromatic carbocycles. The van der Waals surface area contributed by atoms with Crippen molar-refractivity contribution in [3.05, 3.63) is 42.1 Å². The molecule has 0 bridgehead atoms. The van der Waals surface area contributed by atoms with Crippen molar-refractivity contribution in [1.29, 1.82) is 0 Å². The van der Waals surface area contributed by atoms with E-state index >= 15 is 0 Å². The number of anilines is 1. The van der Waals surface area contributed by atoms with Gasteiger partial charge in [-0.05, 0) is 12.1 Å². The van der Waals surface area contributed by atoms with Crippen LogP contribution in [0.5, 0.6) is 0 Å². The van der Waals surface area contributed by atoms with Gasteiger partial charge in [-0.15, -0.1) is 0 Å². The third kappa shape index (κ3) is 1.74. The van der Waals surface area contributed by atoms with E-state index in [1.54, 1.807) is 18.5 Å². The number of rotatable bonds is 1. The summed E-state index contributed by atoms with van der Waals surface area (Å²) in [6.45, 7) is 6.81. The molecule has 0 aliphatic heterocycles. The molecule has 72 valence electrons. The lowest BCUT2D eigenvalue weighted by atomic mass is 10.2. The average molecular weight is 197 g/mol. The molecule has 0 spiro atoms. The van der Waals surface area contributed by atoms with E-state index in [-0.39, 0.29) is 11.5 Å². The van der Waals surface area contributed by atoms with Crippen LogP contribution >= 0.6 is 0 Å². The quantitative estimate of drug-likeness (QED) is 0.706. The lowest BCUT2D eigenvalue weighted by Crippen LogP contribution is -1.95. The van der Waals surface area contributed by atoms with Crippen molar-refractivity contribution in [2.24, 2.45) is 0 Å². The molecule has 0 saturated heterocycles. The van der Waals surface area contributed by atoms with Crippen molar-refractivity contribution in [2.45, 2.75) is 0 Å². The molecule has 0 saturated carbocycles. The Morgan fingerprint density at radius 1 is 1.33 bits per heavy atom. The van der Waals surface area contributed by atoms with Crippen molar-refractivity contribution < 1.29 is 0 Å². The highest BCUT2D eigenvalue weighted by atomic mass is 15.0. The molecule has 5 heteroatoms. The minimum atomic E-state index is 0.193. The number of hydrogen-bond donors (Lipinski definition) is 1. The summed E-state index contributed by atoms with van der Waals surface area (Å²) in [7, 11) is 0. The molecule has 0 amide bonds. The van der Waals surface area contributed by atoms with Crippen LogP contribution in [0.1, 0.15) is 0 Å². The largest absolute Gasteiger partial charge is 0.392 e. The van der Waals surface area contributed by atoms with Crippen LogP contribution in [0.15, 0.2) is 30.7 Å². The normalized spacial score (nSPS) is 9.53. The van der Waals surface area contributed by atoms with Gasteiger partial charge in [-0.25, -0.2) is 14.8 Å². The zero-order chi connectivity index (χ0) is 10.7. The van der Waals surface area contributed by atoms with E-state index in [2.05, 4.69) is 19.8 Å². The van der Waals surface area contributed by atoms with Crippen LogP contribution in [0.2, 0.25) is 0 Å². The van der Waals surface area contributed by atoms with Crippen LogP contribution in [0.25, 0.3) is 16.2 Å². The van der Waals surface area contributed by atoms with Crippen molar-refractivity contribution in [3.63, 3.8) is 0 Å². The van der Waals surface area contributed by atoms with Crippen LogP contribution < -0.4 is 5.73 Å². The van der Waals surface area contributed by atoms with Gasteiger partial charge in [0.2, 0.25) is 5.69 Å². The van der Waals surface area contributed by atoms with Crippen LogP contribution in [0, 0.1) is 6.57 Å². The smallest absolute Gasteiger partial charge is 0.245 e. The highest BCUT2D eigenvalue weighted by Crippen LogP contribution is 2.21. The second-order valence-electron chi connectivity index (χ2n) is 2.82. The summed E-state index contributed by atoms with van der Waals surface area (Å²) < 4.78 is 0. The molecule has 0 fully saturated rings. The fourth-order valence-corrected chi connectivity index (χ4v) is 1.11. The van der Waals surface area contributed by atoms with Crippen LogP contribution in [-0.4, -0.2) is 15.0 Å². The van der Waals surface area contributed by atoms with Crippen molar-refractivity contribution in [1.82, 2.24) is 15.0 Å². The maximum atomic E-state index is 6.81. The lowest BCUT2D eigenvalue weighted by molar-refractivity contribution is 1.18. The molecular weight excluding hydrogens is 190 g/mol. The Hall–Kier alpha value is -2.48. The summed E-state index contributed by atoms with van der Waals surface area (Å²) in [6, 6.07) is 3.62. The highest BCUT2D eigenvalue weighted by Gasteiger charge is 2.05. The first kappa shape index (κ1) is 9.09. The van der Waals surface area contributed by atoms with E-state index < -0.39 is 0 Å². The standard InChI is InChI=1S/C10H7N5/c1-12-8-6-14-10(15-9(8)11)7-3-2-4-13-5-7/h2-6H,(H2,11,14,15). The average Bonchev–Trinajstić information content (AvgIpc) is 2.30. The van der Waals surface area contributed by atoms with Gasteiger partial charge in [0, 0.05) is 24.2 Å². The number of nitrogens with two attached hydrogens (primary N) is 1. The van der Waals surface area contributed by atoms with E-state index in [1.807, 2.05) is 6.07 Å². The molecule has 2 aromatic rings. The molecule has 0 unspecified atom stereocenters. The summed E-state index contributed by atoms with van der Waals surface area (Å²) in [5, 5.41) is 0. The lowest BCUT2D eigenvalue weighted by Gasteiger charge is -2.01. The van der Waals surface area contributed by atoms with Gasteiger partial charge in [0.1, 0.15) is 5.82 Å². The Bertz CT molecular complexity index is 515. The van der Waals surface area contributed by atoms with E-state index in [1.165, 1.54) is 6.20 Å². The molecular formula is C10H7N5.